The smallest absolute Gasteiger partial charge is 0.343 e. The summed E-state index contributed by atoms with van der Waals surface area (Å²) < 4.78 is 5.77. The Bertz CT molecular complexity index is 342. The highest BCUT2D eigenvalue weighted by atomic mass is 16.5. The number of aromatic nitrogens is 3. The van der Waals surface area contributed by atoms with E-state index in [1.807, 2.05) is 0 Å². The Morgan fingerprint density at radius 3 is 3.00 bits per heavy atom. The highest BCUT2D eigenvalue weighted by Crippen LogP contribution is 1.92. The highest BCUT2D eigenvalue weighted by molar-refractivity contribution is 5.72. The van der Waals surface area contributed by atoms with E-state index in [1.54, 1.807) is 0 Å². The van der Waals surface area contributed by atoms with Gasteiger partial charge in [-0.15, -0.1) is 0 Å². The van der Waals surface area contributed by atoms with E-state index in [0.717, 1.165) is 4.57 Å². The van der Waals surface area contributed by atoms with Crippen LogP contribution in [0.2, 0.25) is 0 Å². The Hall–Kier alpha value is -1.63. The Kier molecular flexibility index (Phi) is 2.80. The van der Waals surface area contributed by atoms with E-state index in [0.29, 0.717) is 0 Å². The summed E-state index contributed by atoms with van der Waals surface area (Å²) in [5, 5.41) is 14.2. The molecule has 0 aliphatic heterocycles. The first-order valence-electron chi connectivity index (χ1n) is 3.50. The number of carbonyl (C=O) groups is 1. The maximum atomic E-state index is 10.9. The van der Waals surface area contributed by atoms with Gasteiger partial charge in [-0.25, -0.2) is 14.7 Å². The molecule has 0 aliphatic carbocycles. The minimum atomic E-state index is -1.12. The van der Waals surface area contributed by atoms with E-state index in [1.165, 1.54) is 13.4 Å². The molecule has 0 spiro atoms. The Labute approximate surface area is 72.9 Å². The van der Waals surface area contributed by atoms with Gasteiger partial charge in [0.05, 0.1) is 6.54 Å². The fourth-order valence-electron chi connectivity index (χ4n) is 0.833. The number of rotatable bonds is 4. The first-order valence-corrected chi connectivity index (χ1v) is 3.50. The third-order valence-corrected chi connectivity index (χ3v) is 1.54. The van der Waals surface area contributed by atoms with E-state index < -0.39 is 17.8 Å². The quantitative estimate of drug-likeness (QED) is 0.608. The van der Waals surface area contributed by atoms with E-state index in [4.69, 9.17) is 5.11 Å². The molecule has 7 heteroatoms. The molecule has 1 rings (SSSR count). The Morgan fingerprint density at radius 1 is 1.92 bits per heavy atom. The number of carboxylic acid groups (broad SMARTS) is 1. The van der Waals surface area contributed by atoms with Gasteiger partial charge < -0.3 is 9.84 Å². The van der Waals surface area contributed by atoms with E-state index >= 15 is 0 Å². The summed E-state index contributed by atoms with van der Waals surface area (Å²) in [6, 6.07) is 0. The van der Waals surface area contributed by atoms with Crippen molar-refractivity contribution in [3.05, 3.63) is 16.8 Å². The zero-order valence-electron chi connectivity index (χ0n) is 6.93. The maximum Gasteiger partial charge on any atom is 0.343 e. The van der Waals surface area contributed by atoms with Crippen molar-refractivity contribution in [1.82, 2.24) is 14.8 Å². The number of nitrogens with one attached hydrogen (secondary N) is 1. The molecule has 72 valence electrons. The molecule has 1 heterocycles. The van der Waals surface area contributed by atoms with E-state index in [-0.39, 0.29) is 6.54 Å². The van der Waals surface area contributed by atoms with Crippen molar-refractivity contribution < 1.29 is 14.6 Å². The zero-order valence-corrected chi connectivity index (χ0v) is 6.93. The van der Waals surface area contributed by atoms with Crippen LogP contribution in [0.5, 0.6) is 0 Å². The second-order valence-electron chi connectivity index (χ2n) is 2.38. The molecule has 0 amide bonds. The third-order valence-electron chi connectivity index (χ3n) is 1.54. The predicted octanol–water partition coefficient (Wildman–Crippen LogP) is -1.33. The molecule has 1 aromatic heterocycles. The Balaban J connectivity index is 2.73. The van der Waals surface area contributed by atoms with Gasteiger partial charge in [0.1, 0.15) is 6.33 Å². The van der Waals surface area contributed by atoms with Gasteiger partial charge in [-0.1, -0.05) is 0 Å². The second kappa shape index (κ2) is 3.85. The molecular formula is C6H9N3O4. The largest absolute Gasteiger partial charge is 0.479 e. The van der Waals surface area contributed by atoms with Crippen LogP contribution in [0.3, 0.4) is 0 Å². The van der Waals surface area contributed by atoms with E-state index in [2.05, 4.69) is 14.9 Å². The fourth-order valence-corrected chi connectivity index (χ4v) is 0.833. The summed E-state index contributed by atoms with van der Waals surface area (Å²) in [5.74, 6) is -1.12. The predicted molar refractivity (Wildman–Crippen MR) is 41.3 cm³/mol. The number of ether oxygens (including phenoxy) is 1. The normalized spacial score (nSPS) is 12.7. The van der Waals surface area contributed by atoms with E-state index in [9.17, 15) is 9.59 Å². The summed E-state index contributed by atoms with van der Waals surface area (Å²) >= 11 is 0. The van der Waals surface area contributed by atoms with Crippen LogP contribution in [-0.4, -0.2) is 39.1 Å². The number of nitrogens with zero attached hydrogens (tertiary/aromatic N) is 2. The van der Waals surface area contributed by atoms with Crippen molar-refractivity contribution in [1.29, 1.82) is 0 Å². The molecule has 1 aromatic rings. The van der Waals surface area contributed by atoms with Crippen LogP contribution in [0.25, 0.3) is 0 Å². The van der Waals surface area contributed by atoms with Gasteiger partial charge in [-0.05, 0) is 0 Å². The van der Waals surface area contributed by atoms with Crippen molar-refractivity contribution in [2.45, 2.75) is 12.6 Å². The van der Waals surface area contributed by atoms with Gasteiger partial charge in [-0.3, -0.25) is 4.57 Å². The SMILES string of the molecule is COC(Cn1cn[nH]c1=O)C(=O)O. The molecule has 0 aromatic carbocycles. The number of hydrogen-bond acceptors (Lipinski definition) is 4. The average molecular weight is 187 g/mol. The van der Waals surface area contributed by atoms with Gasteiger partial charge in [0.25, 0.3) is 0 Å². The topological polar surface area (TPSA) is 97.2 Å². The summed E-state index contributed by atoms with van der Waals surface area (Å²) in [5.41, 5.74) is -0.455. The minimum Gasteiger partial charge on any atom is -0.479 e. The summed E-state index contributed by atoms with van der Waals surface area (Å²) in [6.07, 6.45) is 0.187. The molecule has 2 N–H and O–H groups in total. The lowest BCUT2D eigenvalue weighted by molar-refractivity contribution is -0.149. The summed E-state index contributed by atoms with van der Waals surface area (Å²) in [4.78, 5) is 21.4. The number of H-pyrrole nitrogens is 1. The van der Waals surface area contributed by atoms with Crippen molar-refractivity contribution in [3.8, 4) is 0 Å². The van der Waals surface area contributed by atoms with Crippen LogP contribution >= 0.6 is 0 Å². The number of aliphatic carboxylic acids is 1. The fraction of sp³-hybridized carbons (Fsp3) is 0.500. The number of methoxy groups -OCH3 is 1. The first kappa shape index (κ1) is 9.46. The highest BCUT2D eigenvalue weighted by Gasteiger charge is 2.17. The van der Waals surface area contributed by atoms with Crippen LogP contribution in [0, 0.1) is 0 Å². The molecular weight excluding hydrogens is 178 g/mol. The Morgan fingerprint density at radius 2 is 2.62 bits per heavy atom. The molecule has 0 saturated carbocycles. The number of carboxylic acids is 1. The minimum absolute atomic E-state index is 0.0544. The molecule has 0 fully saturated rings. The lowest BCUT2D eigenvalue weighted by Crippen LogP contribution is -2.31. The van der Waals surface area contributed by atoms with Crippen molar-refractivity contribution in [3.63, 3.8) is 0 Å². The molecule has 0 bridgehead atoms. The van der Waals surface area contributed by atoms with Crippen LogP contribution in [-0.2, 0) is 16.1 Å². The molecule has 1 atom stereocenters. The average Bonchev–Trinajstić information content (AvgIpc) is 2.46. The zero-order chi connectivity index (χ0) is 9.84. The first-order chi connectivity index (χ1) is 6.15. The maximum absolute atomic E-state index is 10.9. The van der Waals surface area contributed by atoms with Gasteiger partial charge in [-0.2, -0.15) is 5.10 Å². The number of aromatic amines is 1. The molecule has 13 heavy (non-hydrogen) atoms. The second-order valence-corrected chi connectivity index (χ2v) is 2.38. The lowest BCUT2D eigenvalue weighted by Gasteiger charge is -2.08. The lowest BCUT2D eigenvalue weighted by atomic mass is 10.3. The molecule has 0 saturated heterocycles. The summed E-state index contributed by atoms with van der Waals surface area (Å²) in [7, 11) is 1.27. The van der Waals surface area contributed by atoms with Gasteiger partial charge in [0.15, 0.2) is 6.10 Å². The molecule has 1 unspecified atom stereocenters. The van der Waals surface area contributed by atoms with Crippen LogP contribution in [0.15, 0.2) is 11.1 Å². The molecule has 0 radical (unpaired) electrons. The van der Waals surface area contributed by atoms with Crippen molar-refractivity contribution in [2.24, 2.45) is 0 Å². The van der Waals surface area contributed by atoms with Crippen molar-refractivity contribution >= 4 is 5.97 Å². The molecule has 7 nitrogen and oxygen atoms in total. The van der Waals surface area contributed by atoms with Gasteiger partial charge >= 0.3 is 11.7 Å². The standard InChI is InChI=1S/C6H9N3O4/c1-13-4(5(10)11)2-9-3-7-8-6(9)12/h3-4H,2H2,1H3,(H,8,12)(H,10,11). The van der Waals surface area contributed by atoms with Gasteiger partial charge in [0.2, 0.25) is 0 Å². The van der Waals surface area contributed by atoms with Crippen LogP contribution < -0.4 is 5.69 Å². The monoisotopic (exact) mass is 187 g/mol. The van der Waals surface area contributed by atoms with Gasteiger partial charge in [0, 0.05) is 7.11 Å². The third kappa shape index (κ3) is 2.15. The molecule has 0 aliphatic rings. The van der Waals surface area contributed by atoms with Crippen LogP contribution in [0.1, 0.15) is 0 Å². The number of hydrogen-bond donors (Lipinski definition) is 2. The van der Waals surface area contributed by atoms with Crippen molar-refractivity contribution in [2.75, 3.05) is 7.11 Å². The summed E-state index contributed by atoms with van der Waals surface area (Å²) in [6.45, 7) is -0.0544. The van der Waals surface area contributed by atoms with Crippen LogP contribution in [0.4, 0.5) is 0 Å².